The zero-order chi connectivity index (χ0) is 22.4. The van der Waals surface area contributed by atoms with Crippen molar-refractivity contribution < 1.29 is 5.11 Å². The monoisotopic (exact) mass is 436 g/mol. The number of allylic oxidation sites excluding steroid dienone is 9. The highest BCUT2D eigenvalue weighted by Gasteiger charge is 2.40. The highest BCUT2D eigenvalue weighted by Crippen LogP contribution is 2.42. The molecule has 2 atom stereocenters. The second-order valence-electron chi connectivity index (χ2n) is 8.58. The van der Waals surface area contributed by atoms with Crippen LogP contribution in [0.5, 0.6) is 0 Å². The van der Waals surface area contributed by atoms with Crippen LogP contribution in [-0.2, 0) is 0 Å². The maximum atomic E-state index is 9.99. The molecule has 0 spiro atoms. The van der Waals surface area contributed by atoms with Crippen LogP contribution < -0.4 is 0 Å². The maximum absolute atomic E-state index is 9.99. The largest absolute Gasteiger partial charge is 0.390 e. The lowest BCUT2D eigenvalue weighted by atomic mass is 9.67. The number of aliphatic imine (C=N–C) groups is 2. The van der Waals surface area contributed by atoms with E-state index in [4.69, 9.17) is 4.99 Å². The van der Waals surface area contributed by atoms with Gasteiger partial charge >= 0.3 is 0 Å². The first-order chi connectivity index (χ1) is 14.8. The molecule has 1 aliphatic carbocycles. The third kappa shape index (κ3) is 6.05. The van der Waals surface area contributed by atoms with Gasteiger partial charge in [-0.25, -0.2) is 18.7 Å². The third-order valence-electron chi connectivity index (χ3n) is 5.77. The quantitative estimate of drug-likeness (QED) is 0.226. The van der Waals surface area contributed by atoms with Crippen molar-refractivity contribution in [2.24, 2.45) is 32.1 Å². The summed E-state index contributed by atoms with van der Waals surface area (Å²) in [6.07, 6.45) is 21.5. The third-order valence-corrected chi connectivity index (χ3v) is 6.51. The molecule has 1 N–H and O–H groups in total. The van der Waals surface area contributed by atoms with E-state index in [9.17, 15) is 5.11 Å². The van der Waals surface area contributed by atoms with Gasteiger partial charge < -0.3 is 5.11 Å². The SMILES string of the molecule is C=CC(C)/C=C/C1=C(/N=C/C(/C=C\C(C)C2CC(C)(O)C2)=C/C)N2SN=CC=C2N=C1. The van der Waals surface area contributed by atoms with Crippen molar-refractivity contribution in [3.63, 3.8) is 0 Å². The summed E-state index contributed by atoms with van der Waals surface area (Å²) in [6, 6.07) is 0. The minimum absolute atomic E-state index is 0.262. The molecule has 0 bridgehead atoms. The maximum Gasteiger partial charge on any atom is 0.154 e. The number of nitrogens with zero attached hydrogens (tertiary/aromatic N) is 4. The average Bonchev–Trinajstić information content (AvgIpc) is 2.75. The fraction of sp³-hybridized carbons (Fsp3) is 0.400. The minimum Gasteiger partial charge on any atom is -0.390 e. The van der Waals surface area contributed by atoms with E-state index in [1.54, 1.807) is 6.21 Å². The van der Waals surface area contributed by atoms with Crippen LogP contribution in [0.25, 0.3) is 0 Å². The van der Waals surface area contributed by atoms with Crippen molar-refractivity contribution >= 4 is 30.8 Å². The van der Waals surface area contributed by atoms with Crippen LogP contribution in [0, 0.1) is 17.8 Å². The normalized spacial score (nSPS) is 28.3. The molecular weight excluding hydrogens is 404 g/mol. The number of hydrogen-bond donors (Lipinski definition) is 1. The molecule has 2 heterocycles. The molecule has 164 valence electrons. The average molecular weight is 437 g/mol. The van der Waals surface area contributed by atoms with Crippen molar-refractivity contribution in [2.75, 3.05) is 0 Å². The zero-order valence-electron chi connectivity index (χ0n) is 18.8. The summed E-state index contributed by atoms with van der Waals surface area (Å²) in [5.74, 6) is 2.83. The number of hydrogen-bond acceptors (Lipinski definition) is 6. The van der Waals surface area contributed by atoms with Gasteiger partial charge in [0.2, 0.25) is 0 Å². The summed E-state index contributed by atoms with van der Waals surface area (Å²) in [5, 5.41) is 9.99. The van der Waals surface area contributed by atoms with Crippen LogP contribution in [0.3, 0.4) is 0 Å². The van der Waals surface area contributed by atoms with E-state index in [1.165, 1.54) is 12.1 Å². The van der Waals surface area contributed by atoms with Gasteiger partial charge in [-0.2, -0.15) is 0 Å². The summed E-state index contributed by atoms with van der Waals surface area (Å²) in [4.78, 5) is 9.35. The standard InChI is InChI=1S/C25H32N4OS/c1-6-18(3)8-11-21-17-26-23-12-13-28-31-29(23)24(21)27-16-20(7-2)10-9-19(4)22-14-25(5,30)15-22/h6-13,16-19,22,30H,1,14-15H2,2-5H3/b10-9-,11-8+,20-7+,27-16+. The van der Waals surface area contributed by atoms with Gasteiger partial charge in [0.25, 0.3) is 0 Å². The van der Waals surface area contributed by atoms with Crippen LogP contribution >= 0.6 is 12.1 Å². The van der Waals surface area contributed by atoms with E-state index < -0.39 is 5.60 Å². The first-order valence-corrected chi connectivity index (χ1v) is 11.5. The molecular formula is C25H32N4OS. The second-order valence-corrected chi connectivity index (χ2v) is 9.32. The molecule has 1 saturated carbocycles. The lowest BCUT2D eigenvalue weighted by molar-refractivity contribution is -0.0677. The zero-order valence-corrected chi connectivity index (χ0v) is 19.6. The Hall–Kier alpha value is -2.44. The van der Waals surface area contributed by atoms with Crippen LogP contribution in [-0.4, -0.2) is 33.7 Å². The summed E-state index contributed by atoms with van der Waals surface area (Å²) in [7, 11) is 0. The molecule has 3 rings (SSSR count). The highest BCUT2D eigenvalue weighted by molar-refractivity contribution is 7.96. The number of aliphatic hydroxyl groups is 1. The molecule has 0 radical (unpaired) electrons. The lowest BCUT2D eigenvalue weighted by Crippen LogP contribution is -2.43. The summed E-state index contributed by atoms with van der Waals surface area (Å²) in [6.45, 7) is 12.1. The van der Waals surface area contributed by atoms with Gasteiger partial charge in [0.15, 0.2) is 5.82 Å². The van der Waals surface area contributed by atoms with E-state index in [0.717, 1.165) is 35.6 Å². The molecule has 2 aliphatic heterocycles. The highest BCUT2D eigenvalue weighted by atomic mass is 32.2. The van der Waals surface area contributed by atoms with Crippen LogP contribution in [0.2, 0.25) is 0 Å². The molecule has 31 heavy (non-hydrogen) atoms. The van der Waals surface area contributed by atoms with Crippen molar-refractivity contribution in [1.29, 1.82) is 0 Å². The Balaban J connectivity index is 1.78. The Labute approximate surface area is 190 Å². The molecule has 0 saturated heterocycles. The molecule has 3 aliphatic rings. The summed E-state index contributed by atoms with van der Waals surface area (Å²) in [5.41, 5.74) is 1.47. The van der Waals surface area contributed by atoms with Crippen molar-refractivity contribution in [2.45, 2.75) is 46.1 Å². The van der Waals surface area contributed by atoms with Gasteiger partial charge in [-0.15, -0.1) is 6.58 Å². The number of rotatable bonds is 8. The minimum atomic E-state index is -0.487. The van der Waals surface area contributed by atoms with E-state index in [0.29, 0.717) is 11.8 Å². The van der Waals surface area contributed by atoms with E-state index in [1.807, 2.05) is 48.8 Å². The van der Waals surface area contributed by atoms with E-state index >= 15 is 0 Å². The fourth-order valence-corrected chi connectivity index (χ4v) is 4.26. The fourth-order valence-electron chi connectivity index (χ4n) is 3.62. The van der Waals surface area contributed by atoms with Gasteiger partial charge in [0.05, 0.1) is 5.60 Å². The summed E-state index contributed by atoms with van der Waals surface area (Å²) >= 11 is 1.32. The Morgan fingerprint density at radius 3 is 2.84 bits per heavy atom. The molecule has 0 aromatic carbocycles. The first kappa shape index (κ1) is 23.2. The number of fused-ring (bicyclic) bond motifs is 1. The van der Waals surface area contributed by atoms with E-state index in [2.05, 4.69) is 54.1 Å². The summed E-state index contributed by atoms with van der Waals surface area (Å²) < 4.78 is 6.22. The molecule has 1 fully saturated rings. The van der Waals surface area contributed by atoms with Crippen molar-refractivity contribution in [3.05, 3.63) is 71.9 Å². The van der Waals surface area contributed by atoms with Gasteiger partial charge in [0, 0.05) is 30.3 Å². The predicted octanol–water partition coefficient (Wildman–Crippen LogP) is 5.82. The van der Waals surface area contributed by atoms with Gasteiger partial charge in [-0.3, -0.25) is 0 Å². The molecule has 2 unspecified atom stereocenters. The van der Waals surface area contributed by atoms with Crippen LogP contribution in [0.4, 0.5) is 0 Å². The Morgan fingerprint density at radius 1 is 1.39 bits per heavy atom. The topological polar surface area (TPSA) is 60.6 Å². The molecule has 0 aromatic heterocycles. The van der Waals surface area contributed by atoms with Gasteiger partial charge in [-0.05, 0) is 50.0 Å². The van der Waals surface area contributed by atoms with Crippen LogP contribution in [0.15, 0.2) is 86.3 Å². The first-order valence-electron chi connectivity index (χ1n) is 10.7. The van der Waals surface area contributed by atoms with E-state index in [-0.39, 0.29) is 5.92 Å². The predicted molar refractivity (Wildman–Crippen MR) is 134 cm³/mol. The van der Waals surface area contributed by atoms with Gasteiger partial charge in [-0.1, -0.05) is 50.3 Å². The Kier molecular flexibility index (Phi) is 7.68. The Bertz CT molecular complexity index is 925. The van der Waals surface area contributed by atoms with Crippen LogP contribution in [0.1, 0.15) is 40.5 Å². The Morgan fingerprint density at radius 2 is 2.16 bits per heavy atom. The lowest BCUT2D eigenvalue weighted by Gasteiger charge is -2.43. The van der Waals surface area contributed by atoms with Gasteiger partial charge in [0.1, 0.15) is 18.0 Å². The molecule has 6 heteroatoms. The van der Waals surface area contributed by atoms with Crippen molar-refractivity contribution in [1.82, 2.24) is 4.31 Å². The molecule has 0 amide bonds. The van der Waals surface area contributed by atoms with Crippen molar-refractivity contribution in [3.8, 4) is 0 Å². The second kappa shape index (κ2) is 10.2. The molecule has 0 aromatic rings. The molecule has 5 nitrogen and oxygen atoms in total. The smallest absolute Gasteiger partial charge is 0.154 e.